The first-order chi connectivity index (χ1) is 8.66. The normalized spacial score (nSPS) is 15.9. The smallest absolute Gasteiger partial charge is 0.339 e. The van der Waals surface area contributed by atoms with E-state index in [1.165, 1.54) is 12.8 Å². The number of carbonyl (C=O) groups excluding carboxylic acids is 1. The Labute approximate surface area is 117 Å². The minimum absolute atomic E-state index is 0.327. The number of esters is 1. The van der Waals surface area contributed by atoms with E-state index in [-0.39, 0.29) is 0 Å². The summed E-state index contributed by atoms with van der Waals surface area (Å²) in [4.78, 5) is 14.1. The Bertz CT molecular complexity index is 431. The van der Waals surface area contributed by atoms with Crippen LogP contribution in [0.1, 0.15) is 23.2 Å². The third-order valence-electron chi connectivity index (χ3n) is 2.99. The second-order valence-corrected chi connectivity index (χ2v) is 5.15. The molecule has 3 nitrogen and oxygen atoms in total. The third-order valence-corrected chi connectivity index (χ3v) is 3.54. The van der Waals surface area contributed by atoms with Crippen LogP contribution in [0.3, 0.4) is 0 Å². The number of likely N-dealkylation sites (tertiary alicyclic amines) is 1. The fourth-order valence-electron chi connectivity index (χ4n) is 2.01. The van der Waals surface area contributed by atoms with Gasteiger partial charge in [0.1, 0.15) is 6.61 Å². The molecular formula is C13H15Cl2NO2. The molecule has 0 N–H and O–H groups in total. The zero-order valence-corrected chi connectivity index (χ0v) is 11.5. The molecule has 1 aliphatic heterocycles. The summed E-state index contributed by atoms with van der Waals surface area (Å²) < 4.78 is 5.20. The van der Waals surface area contributed by atoms with Crippen LogP contribution >= 0.6 is 23.2 Å². The van der Waals surface area contributed by atoms with Gasteiger partial charge in [-0.25, -0.2) is 4.79 Å². The minimum atomic E-state index is -0.393. The molecule has 1 fully saturated rings. The van der Waals surface area contributed by atoms with Crippen LogP contribution in [0.15, 0.2) is 18.2 Å². The van der Waals surface area contributed by atoms with Crippen molar-refractivity contribution in [2.24, 2.45) is 0 Å². The molecule has 0 radical (unpaired) electrons. The van der Waals surface area contributed by atoms with Crippen molar-refractivity contribution in [2.45, 2.75) is 12.8 Å². The molecule has 1 aromatic carbocycles. The lowest BCUT2D eigenvalue weighted by Crippen LogP contribution is -2.25. The molecule has 1 heterocycles. The van der Waals surface area contributed by atoms with Gasteiger partial charge in [0.05, 0.1) is 10.6 Å². The Morgan fingerprint density at radius 1 is 1.28 bits per heavy atom. The number of hydrogen-bond acceptors (Lipinski definition) is 3. The summed E-state index contributed by atoms with van der Waals surface area (Å²) in [5.41, 5.74) is 0.363. The Balaban J connectivity index is 1.83. The highest BCUT2D eigenvalue weighted by molar-refractivity contribution is 6.36. The largest absolute Gasteiger partial charge is 0.461 e. The van der Waals surface area contributed by atoms with Gasteiger partial charge in [-0.2, -0.15) is 0 Å². The van der Waals surface area contributed by atoms with E-state index < -0.39 is 5.97 Å². The van der Waals surface area contributed by atoms with Crippen molar-refractivity contribution in [2.75, 3.05) is 26.2 Å². The molecule has 2 rings (SSSR count). The third kappa shape index (κ3) is 3.61. The number of hydrogen-bond donors (Lipinski definition) is 0. The van der Waals surface area contributed by atoms with Crippen LogP contribution in [0.5, 0.6) is 0 Å². The van der Waals surface area contributed by atoms with E-state index in [0.29, 0.717) is 22.2 Å². The van der Waals surface area contributed by atoms with Crippen molar-refractivity contribution in [1.29, 1.82) is 0 Å². The van der Waals surface area contributed by atoms with Crippen LogP contribution in [0.2, 0.25) is 10.0 Å². The van der Waals surface area contributed by atoms with Crippen molar-refractivity contribution in [3.8, 4) is 0 Å². The molecule has 0 aliphatic carbocycles. The minimum Gasteiger partial charge on any atom is -0.461 e. The standard InChI is InChI=1S/C13H15Cl2NO2/c14-10-3-4-11(12(15)9-10)13(17)18-8-7-16-5-1-2-6-16/h3-4,9H,1-2,5-8H2. The molecule has 0 bridgehead atoms. The molecule has 0 amide bonds. The van der Waals surface area contributed by atoms with E-state index in [1.807, 2.05) is 0 Å². The van der Waals surface area contributed by atoms with E-state index in [4.69, 9.17) is 27.9 Å². The summed E-state index contributed by atoms with van der Waals surface area (Å²) in [5.74, 6) is -0.393. The maximum absolute atomic E-state index is 11.8. The fourth-order valence-corrected chi connectivity index (χ4v) is 2.49. The Morgan fingerprint density at radius 2 is 2.00 bits per heavy atom. The van der Waals surface area contributed by atoms with Gasteiger partial charge < -0.3 is 4.74 Å². The second-order valence-electron chi connectivity index (χ2n) is 4.31. The first-order valence-corrected chi connectivity index (χ1v) is 6.77. The number of rotatable bonds is 4. The summed E-state index contributed by atoms with van der Waals surface area (Å²) >= 11 is 11.7. The maximum Gasteiger partial charge on any atom is 0.339 e. The van der Waals surface area contributed by atoms with Gasteiger partial charge in [-0.05, 0) is 44.1 Å². The van der Waals surface area contributed by atoms with Crippen LogP contribution in [0.25, 0.3) is 0 Å². The second kappa shape index (κ2) is 6.41. The van der Waals surface area contributed by atoms with Crippen LogP contribution in [-0.2, 0) is 4.74 Å². The lowest BCUT2D eigenvalue weighted by Gasteiger charge is -2.14. The van der Waals surface area contributed by atoms with E-state index in [2.05, 4.69) is 4.90 Å². The first kappa shape index (κ1) is 13.7. The number of nitrogens with zero attached hydrogens (tertiary/aromatic N) is 1. The predicted octanol–water partition coefficient (Wildman–Crippen LogP) is 3.25. The summed E-state index contributed by atoms with van der Waals surface area (Å²) in [6.07, 6.45) is 2.47. The zero-order chi connectivity index (χ0) is 13.0. The van der Waals surface area contributed by atoms with Crippen molar-refractivity contribution in [3.05, 3.63) is 33.8 Å². The lowest BCUT2D eigenvalue weighted by atomic mass is 10.2. The van der Waals surface area contributed by atoms with Gasteiger partial charge in [0, 0.05) is 11.6 Å². The summed E-state index contributed by atoms with van der Waals surface area (Å²) in [7, 11) is 0. The number of ether oxygens (including phenoxy) is 1. The molecular weight excluding hydrogens is 273 g/mol. The monoisotopic (exact) mass is 287 g/mol. The summed E-state index contributed by atoms with van der Waals surface area (Å²) in [6, 6.07) is 4.76. The quantitative estimate of drug-likeness (QED) is 0.797. The highest BCUT2D eigenvalue weighted by Crippen LogP contribution is 2.21. The predicted molar refractivity (Wildman–Crippen MR) is 72.4 cm³/mol. The van der Waals surface area contributed by atoms with E-state index in [9.17, 15) is 4.79 Å². The molecule has 0 saturated carbocycles. The van der Waals surface area contributed by atoms with Crippen LogP contribution in [-0.4, -0.2) is 37.1 Å². The van der Waals surface area contributed by atoms with Crippen LogP contribution in [0, 0.1) is 0 Å². The van der Waals surface area contributed by atoms with Gasteiger partial charge in [-0.3, -0.25) is 4.90 Å². The molecule has 0 spiro atoms. The van der Waals surface area contributed by atoms with Gasteiger partial charge in [0.15, 0.2) is 0 Å². The fraction of sp³-hybridized carbons (Fsp3) is 0.462. The van der Waals surface area contributed by atoms with Gasteiger partial charge >= 0.3 is 5.97 Å². The molecule has 0 unspecified atom stereocenters. The molecule has 1 saturated heterocycles. The van der Waals surface area contributed by atoms with Crippen molar-refractivity contribution in [3.63, 3.8) is 0 Å². The highest BCUT2D eigenvalue weighted by atomic mass is 35.5. The van der Waals surface area contributed by atoms with Crippen LogP contribution < -0.4 is 0 Å². The topological polar surface area (TPSA) is 29.5 Å². The number of carbonyl (C=O) groups is 1. The van der Waals surface area contributed by atoms with Gasteiger partial charge in [-0.1, -0.05) is 23.2 Å². The SMILES string of the molecule is O=C(OCCN1CCCC1)c1ccc(Cl)cc1Cl. The maximum atomic E-state index is 11.8. The van der Waals surface area contributed by atoms with Gasteiger partial charge in [0.25, 0.3) is 0 Å². The van der Waals surface area contributed by atoms with E-state index >= 15 is 0 Å². The molecule has 1 aliphatic rings. The average Bonchev–Trinajstić information content (AvgIpc) is 2.81. The average molecular weight is 288 g/mol. The van der Waals surface area contributed by atoms with Crippen molar-refractivity contribution >= 4 is 29.2 Å². The van der Waals surface area contributed by atoms with Crippen molar-refractivity contribution < 1.29 is 9.53 Å². The van der Waals surface area contributed by atoms with Gasteiger partial charge in [0.2, 0.25) is 0 Å². The Morgan fingerprint density at radius 3 is 2.67 bits per heavy atom. The Hall–Kier alpha value is -0.770. The molecule has 5 heteroatoms. The highest BCUT2D eigenvalue weighted by Gasteiger charge is 2.14. The van der Waals surface area contributed by atoms with Crippen molar-refractivity contribution in [1.82, 2.24) is 4.90 Å². The zero-order valence-electron chi connectivity index (χ0n) is 9.99. The summed E-state index contributed by atoms with van der Waals surface area (Å²) in [5, 5.41) is 0.835. The van der Waals surface area contributed by atoms with E-state index in [0.717, 1.165) is 19.6 Å². The molecule has 18 heavy (non-hydrogen) atoms. The van der Waals surface area contributed by atoms with Gasteiger partial charge in [-0.15, -0.1) is 0 Å². The number of benzene rings is 1. The van der Waals surface area contributed by atoms with E-state index in [1.54, 1.807) is 18.2 Å². The lowest BCUT2D eigenvalue weighted by molar-refractivity contribution is 0.0472. The molecule has 1 aromatic rings. The van der Waals surface area contributed by atoms with Crippen LogP contribution in [0.4, 0.5) is 0 Å². The molecule has 0 atom stereocenters. The first-order valence-electron chi connectivity index (χ1n) is 6.01. The number of halogens is 2. The summed E-state index contributed by atoms with van der Waals surface area (Å²) in [6.45, 7) is 3.38. The Kier molecular flexibility index (Phi) is 4.87. The molecule has 98 valence electrons. The molecule has 0 aromatic heterocycles.